The molecule has 0 bridgehead atoms. The van der Waals surface area contributed by atoms with E-state index in [1.54, 1.807) is 0 Å². The zero-order chi connectivity index (χ0) is 14.6. The van der Waals surface area contributed by atoms with Crippen LogP contribution in [0.15, 0.2) is 23.2 Å². The van der Waals surface area contributed by atoms with Gasteiger partial charge in [0.15, 0.2) is 0 Å². The second kappa shape index (κ2) is 6.19. The molecule has 1 fully saturated rings. The third-order valence-corrected chi connectivity index (χ3v) is 4.33. The fraction of sp³-hybridized carbons (Fsp3) is 0.500. The predicted octanol–water partition coefficient (Wildman–Crippen LogP) is 0.000900. The molecule has 1 aliphatic rings. The van der Waals surface area contributed by atoms with Crippen LogP contribution in [0, 0.1) is 0 Å². The lowest BCUT2D eigenvalue weighted by molar-refractivity contribution is -0.121. The van der Waals surface area contributed by atoms with E-state index >= 15 is 0 Å². The lowest BCUT2D eigenvalue weighted by atomic mass is 10.3. The maximum Gasteiger partial charge on any atom is 0.242 e. The molecule has 0 saturated heterocycles. The molecule has 1 aromatic heterocycles. The molecular weight excluding hydrogens is 280 g/mol. The van der Waals surface area contributed by atoms with Crippen LogP contribution >= 0.6 is 0 Å². The van der Waals surface area contributed by atoms with E-state index in [4.69, 9.17) is 5.73 Å². The van der Waals surface area contributed by atoms with Crippen LogP contribution in [0.25, 0.3) is 0 Å². The maximum atomic E-state index is 11.9. The zero-order valence-electron chi connectivity index (χ0n) is 11.0. The zero-order valence-corrected chi connectivity index (χ0v) is 11.8. The van der Waals surface area contributed by atoms with Gasteiger partial charge in [0.2, 0.25) is 15.9 Å². The molecule has 20 heavy (non-hydrogen) atoms. The van der Waals surface area contributed by atoms with E-state index in [9.17, 15) is 13.2 Å². The van der Waals surface area contributed by atoms with Crippen molar-refractivity contribution in [1.29, 1.82) is 0 Å². The number of anilines is 1. The first kappa shape index (κ1) is 14.7. The Balaban J connectivity index is 1.74. The first-order valence-corrected chi connectivity index (χ1v) is 7.96. The summed E-state index contributed by atoms with van der Waals surface area (Å²) < 4.78 is 26.2. The van der Waals surface area contributed by atoms with E-state index < -0.39 is 10.0 Å². The number of hydrogen-bond donors (Lipinski definition) is 3. The molecule has 0 aromatic carbocycles. The highest BCUT2D eigenvalue weighted by molar-refractivity contribution is 7.89. The first-order valence-electron chi connectivity index (χ1n) is 6.48. The van der Waals surface area contributed by atoms with Crippen LogP contribution in [0.3, 0.4) is 0 Å². The number of sulfonamides is 1. The Morgan fingerprint density at radius 2 is 2.15 bits per heavy atom. The molecule has 0 spiro atoms. The molecule has 2 rings (SSSR count). The highest BCUT2D eigenvalue weighted by atomic mass is 32.2. The number of aromatic nitrogens is 1. The fourth-order valence-corrected chi connectivity index (χ4v) is 2.64. The Kier molecular flexibility index (Phi) is 4.56. The molecule has 1 aliphatic carbocycles. The van der Waals surface area contributed by atoms with Gasteiger partial charge >= 0.3 is 0 Å². The standard InChI is InChI=1S/C12H18N4O3S/c13-11-6-5-10(8-14-11)20(18,19)15-7-1-2-12(17)16-9-3-4-9/h5-6,8-9,15H,1-4,7H2,(H2,13,14)(H,16,17). The number of hydrogen-bond acceptors (Lipinski definition) is 5. The summed E-state index contributed by atoms with van der Waals surface area (Å²) >= 11 is 0. The molecule has 0 unspecified atom stereocenters. The minimum Gasteiger partial charge on any atom is -0.384 e. The maximum absolute atomic E-state index is 11.9. The van der Waals surface area contributed by atoms with Crippen LogP contribution in [-0.2, 0) is 14.8 Å². The third-order valence-electron chi connectivity index (χ3n) is 2.88. The van der Waals surface area contributed by atoms with Crippen LogP contribution in [0.5, 0.6) is 0 Å². The van der Waals surface area contributed by atoms with Crippen molar-refractivity contribution in [3.63, 3.8) is 0 Å². The summed E-state index contributed by atoms with van der Waals surface area (Å²) in [6, 6.07) is 3.15. The van der Waals surface area contributed by atoms with Crippen molar-refractivity contribution in [2.75, 3.05) is 12.3 Å². The Hall–Kier alpha value is -1.67. The fourth-order valence-electron chi connectivity index (χ4n) is 1.62. The van der Waals surface area contributed by atoms with Gasteiger partial charge < -0.3 is 11.1 Å². The van der Waals surface area contributed by atoms with Crippen molar-refractivity contribution in [2.45, 2.75) is 36.6 Å². The summed E-state index contributed by atoms with van der Waals surface area (Å²) in [6.07, 6.45) is 4.07. The van der Waals surface area contributed by atoms with Gasteiger partial charge in [-0.3, -0.25) is 4.79 Å². The molecule has 1 amide bonds. The number of nitrogens with one attached hydrogen (secondary N) is 2. The molecular formula is C12H18N4O3S. The van der Waals surface area contributed by atoms with Crippen LogP contribution < -0.4 is 15.8 Å². The monoisotopic (exact) mass is 298 g/mol. The van der Waals surface area contributed by atoms with E-state index in [0.717, 1.165) is 12.8 Å². The van der Waals surface area contributed by atoms with Gasteiger partial charge in [0, 0.05) is 25.2 Å². The first-order chi connectivity index (χ1) is 9.47. The average molecular weight is 298 g/mol. The van der Waals surface area contributed by atoms with Crippen LogP contribution in [0.2, 0.25) is 0 Å². The number of amides is 1. The van der Waals surface area contributed by atoms with Gasteiger partial charge in [0.05, 0.1) is 0 Å². The molecule has 4 N–H and O–H groups in total. The van der Waals surface area contributed by atoms with Crippen molar-refractivity contribution in [3.05, 3.63) is 18.3 Å². The number of nitrogens with zero attached hydrogens (tertiary/aromatic N) is 1. The molecule has 1 aromatic rings. The number of pyridine rings is 1. The highest BCUT2D eigenvalue weighted by Gasteiger charge is 2.22. The van der Waals surface area contributed by atoms with Gasteiger partial charge in [-0.1, -0.05) is 0 Å². The highest BCUT2D eigenvalue weighted by Crippen LogP contribution is 2.18. The Morgan fingerprint density at radius 1 is 1.40 bits per heavy atom. The smallest absolute Gasteiger partial charge is 0.242 e. The normalized spacial score (nSPS) is 15.0. The quantitative estimate of drug-likeness (QED) is 0.613. The Bertz CT molecular complexity index is 567. The van der Waals surface area contributed by atoms with Gasteiger partial charge in [0.1, 0.15) is 10.7 Å². The van der Waals surface area contributed by atoms with E-state index in [1.165, 1.54) is 18.3 Å². The number of carbonyl (C=O) groups is 1. The third kappa shape index (κ3) is 4.46. The molecule has 1 heterocycles. The van der Waals surface area contributed by atoms with E-state index in [-0.39, 0.29) is 23.2 Å². The average Bonchev–Trinajstić information content (AvgIpc) is 3.19. The van der Waals surface area contributed by atoms with Gasteiger partial charge in [-0.05, 0) is 31.4 Å². The van der Waals surface area contributed by atoms with Crippen molar-refractivity contribution in [3.8, 4) is 0 Å². The van der Waals surface area contributed by atoms with Gasteiger partial charge in [-0.2, -0.15) is 0 Å². The van der Waals surface area contributed by atoms with E-state index in [0.29, 0.717) is 18.9 Å². The van der Waals surface area contributed by atoms with Gasteiger partial charge in [0.25, 0.3) is 0 Å². The van der Waals surface area contributed by atoms with Gasteiger partial charge in [-0.15, -0.1) is 0 Å². The van der Waals surface area contributed by atoms with Crippen molar-refractivity contribution >= 4 is 21.7 Å². The largest absolute Gasteiger partial charge is 0.384 e. The molecule has 0 atom stereocenters. The van der Waals surface area contributed by atoms with Crippen LogP contribution in [0.4, 0.5) is 5.82 Å². The molecule has 7 nitrogen and oxygen atoms in total. The number of rotatable bonds is 7. The number of nitrogens with two attached hydrogens (primary N) is 1. The topological polar surface area (TPSA) is 114 Å². The predicted molar refractivity (Wildman–Crippen MR) is 74.2 cm³/mol. The number of carbonyl (C=O) groups excluding carboxylic acids is 1. The van der Waals surface area contributed by atoms with Crippen molar-refractivity contribution in [2.24, 2.45) is 0 Å². The Morgan fingerprint density at radius 3 is 2.75 bits per heavy atom. The van der Waals surface area contributed by atoms with E-state index in [2.05, 4.69) is 15.0 Å². The molecule has 8 heteroatoms. The lowest BCUT2D eigenvalue weighted by Crippen LogP contribution is -2.28. The second-order valence-electron chi connectivity index (χ2n) is 4.76. The summed E-state index contributed by atoms with van der Waals surface area (Å²) in [7, 11) is -3.59. The van der Waals surface area contributed by atoms with Gasteiger partial charge in [-0.25, -0.2) is 18.1 Å². The Labute approximate surface area is 118 Å². The summed E-state index contributed by atoms with van der Waals surface area (Å²) in [5, 5.41) is 2.85. The molecule has 1 saturated carbocycles. The number of nitrogen functional groups attached to an aromatic ring is 1. The minimum absolute atomic E-state index is 0.0270. The summed E-state index contributed by atoms with van der Waals surface area (Å²) in [5.74, 6) is 0.238. The summed E-state index contributed by atoms with van der Waals surface area (Å²) in [4.78, 5) is 15.2. The minimum atomic E-state index is -3.59. The second-order valence-corrected chi connectivity index (χ2v) is 6.53. The summed E-state index contributed by atoms with van der Waals surface area (Å²) in [6.45, 7) is 0.213. The molecule has 110 valence electrons. The van der Waals surface area contributed by atoms with Crippen molar-refractivity contribution < 1.29 is 13.2 Å². The molecule has 0 radical (unpaired) electrons. The molecule has 0 aliphatic heterocycles. The summed E-state index contributed by atoms with van der Waals surface area (Å²) in [5.41, 5.74) is 5.40. The van der Waals surface area contributed by atoms with Crippen molar-refractivity contribution in [1.82, 2.24) is 15.0 Å². The van der Waals surface area contributed by atoms with Crippen LogP contribution in [-0.4, -0.2) is 31.9 Å². The SMILES string of the molecule is Nc1ccc(S(=O)(=O)NCCCC(=O)NC2CC2)cn1. The van der Waals surface area contributed by atoms with E-state index in [1.807, 2.05) is 0 Å². The lowest BCUT2D eigenvalue weighted by Gasteiger charge is -2.07. The van der Waals surface area contributed by atoms with Crippen LogP contribution in [0.1, 0.15) is 25.7 Å².